The summed E-state index contributed by atoms with van der Waals surface area (Å²) >= 11 is 0. The fourth-order valence-electron chi connectivity index (χ4n) is 2.18. The molecule has 0 spiro atoms. The Kier molecular flexibility index (Phi) is 5.71. The fourth-order valence-corrected chi connectivity index (χ4v) is 3.31. The number of aromatic nitrogens is 2. The van der Waals surface area contributed by atoms with Crippen molar-refractivity contribution in [1.29, 1.82) is 0 Å². The zero-order chi connectivity index (χ0) is 19.5. The number of methoxy groups -OCH3 is 1. The van der Waals surface area contributed by atoms with Gasteiger partial charge in [0, 0.05) is 6.54 Å². The quantitative estimate of drug-likeness (QED) is 0.736. The lowest BCUT2D eigenvalue weighted by Crippen LogP contribution is -2.25. The second-order valence-corrected chi connectivity index (χ2v) is 6.93. The third-order valence-electron chi connectivity index (χ3n) is 3.55. The Bertz CT molecular complexity index is 890. The number of nitrogens with one attached hydrogen (secondary N) is 2. The lowest BCUT2D eigenvalue weighted by molar-refractivity contribution is -0.137. The van der Waals surface area contributed by atoms with Crippen LogP contribution in [0.3, 0.4) is 0 Å². The number of benzene rings is 1. The van der Waals surface area contributed by atoms with Gasteiger partial charge in [0.1, 0.15) is 5.56 Å². The van der Waals surface area contributed by atoms with E-state index in [0.717, 1.165) is 31.4 Å². The SMILES string of the molecule is CCc1[nH]nc(S(=O)(=O)NCc2ccc(C(F)(F)F)cc2)c1C(=O)OC. The minimum Gasteiger partial charge on any atom is -0.465 e. The summed E-state index contributed by atoms with van der Waals surface area (Å²) in [5.41, 5.74) is -0.425. The number of aryl methyl sites for hydroxylation is 1. The molecule has 2 aromatic rings. The van der Waals surface area contributed by atoms with E-state index in [0.29, 0.717) is 17.7 Å². The maximum absolute atomic E-state index is 12.5. The number of sulfonamides is 1. The first-order valence-electron chi connectivity index (χ1n) is 7.41. The van der Waals surface area contributed by atoms with Crippen molar-refractivity contribution in [1.82, 2.24) is 14.9 Å². The van der Waals surface area contributed by atoms with Gasteiger partial charge in [-0.05, 0) is 24.1 Å². The maximum Gasteiger partial charge on any atom is 0.416 e. The largest absolute Gasteiger partial charge is 0.465 e. The predicted molar refractivity (Wildman–Crippen MR) is 84.8 cm³/mol. The van der Waals surface area contributed by atoms with Crippen LogP contribution in [0.1, 0.15) is 34.1 Å². The van der Waals surface area contributed by atoms with Gasteiger partial charge in [-0.15, -0.1) is 0 Å². The number of carbonyl (C=O) groups is 1. The molecule has 1 aromatic heterocycles. The van der Waals surface area contributed by atoms with E-state index >= 15 is 0 Å². The van der Waals surface area contributed by atoms with Gasteiger partial charge in [-0.25, -0.2) is 17.9 Å². The van der Waals surface area contributed by atoms with Gasteiger partial charge >= 0.3 is 12.1 Å². The van der Waals surface area contributed by atoms with Crippen molar-refractivity contribution in [3.63, 3.8) is 0 Å². The standard InChI is InChI=1S/C15H16F3N3O4S/c1-3-11-12(14(22)25-2)13(21-20-11)26(23,24)19-8-9-4-6-10(7-5-9)15(16,17)18/h4-7,19H,3,8H2,1-2H3,(H,20,21). The van der Waals surface area contributed by atoms with Crippen molar-refractivity contribution in [3.05, 3.63) is 46.6 Å². The van der Waals surface area contributed by atoms with E-state index in [9.17, 15) is 26.4 Å². The van der Waals surface area contributed by atoms with E-state index in [2.05, 4.69) is 19.7 Å². The molecule has 0 saturated heterocycles. The molecule has 0 atom stereocenters. The zero-order valence-corrected chi connectivity index (χ0v) is 14.7. The minimum atomic E-state index is -4.47. The van der Waals surface area contributed by atoms with Gasteiger partial charge in [-0.2, -0.15) is 18.3 Å². The van der Waals surface area contributed by atoms with Crippen molar-refractivity contribution in [2.24, 2.45) is 0 Å². The van der Waals surface area contributed by atoms with Crippen molar-refractivity contribution >= 4 is 16.0 Å². The number of hydrogen-bond acceptors (Lipinski definition) is 5. The third kappa shape index (κ3) is 4.22. The van der Waals surface area contributed by atoms with Gasteiger partial charge in [-0.1, -0.05) is 19.1 Å². The van der Waals surface area contributed by atoms with Crippen LogP contribution >= 0.6 is 0 Å². The molecular formula is C15H16F3N3O4S. The molecule has 0 unspecified atom stereocenters. The molecule has 0 aliphatic heterocycles. The summed E-state index contributed by atoms with van der Waals surface area (Å²) in [5.74, 6) is -0.856. The summed E-state index contributed by atoms with van der Waals surface area (Å²) in [6.07, 6.45) is -4.15. The Morgan fingerprint density at radius 2 is 1.88 bits per heavy atom. The molecule has 142 valence electrons. The van der Waals surface area contributed by atoms with Crippen LogP contribution < -0.4 is 4.72 Å². The van der Waals surface area contributed by atoms with Crippen LogP contribution in [0.15, 0.2) is 29.3 Å². The van der Waals surface area contributed by atoms with Crippen LogP contribution in [0, 0.1) is 0 Å². The molecule has 26 heavy (non-hydrogen) atoms. The van der Waals surface area contributed by atoms with Crippen LogP contribution in [-0.2, 0) is 33.9 Å². The van der Waals surface area contributed by atoms with Crippen LogP contribution in [0.4, 0.5) is 13.2 Å². The highest BCUT2D eigenvalue weighted by Crippen LogP contribution is 2.29. The number of alkyl halides is 3. The Labute approximate surface area is 147 Å². The Balaban J connectivity index is 2.22. The number of ether oxygens (including phenoxy) is 1. The predicted octanol–water partition coefficient (Wildman–Crippen LogP) is 2.26. The highest BCUT2D eigenvalue weighted by atomic mass is 32.2. The summed E-state index contributed by atoms with van der Waals surface area (Å²) in [5, 5.41) is 5.61. The van der Waals surface area contributed by atoms with Crippen molar-refractivity contribution in [2.75, 3.05) is 7.11 Å². The molecule has 1 aromatic carbocycles. The highest BCUT2D eigenvalue weighted by molar-refractivity contribution is 7.89. The molecule has 11 heteroatoms. The van der Waals surface area contributed by atoms with E-state index in [-0.39, 0.29) is 12.1 Å². The van der Waals surface area contributed by atoms with Crippen LogP contribution in [-0.4, -0.2) is 31.7 Å². The summed E-state index contributed by atoms with van der Waals surface area (Å²) in [7, 11) is -3.08. The molecule has 0 radical (unpaired) electrons. The summed E-state index contributed by atoms with van der Waals surface area (Å²) in [4.78, 5) is 11.8. The normalized spacial score (nSPS) is 12.2. The molecule has 0 aliphatic carbocycles. The maximum atomic E-state index is 12.5. The highest BCUT2D eigenvalue weighted by Gasteiger charge is 2.31. The number of hydrogen-bond donors (Lipinski definition) is 2. The molecule has 0 saturated carbocycles. The number of rotatable bonds is 6. The van der Waals surface area contributed by atoms with E-state index < -0.39 is 32.8 Å². The van der Waals surface area contributed by atoms with Gasteiger partial charge in [0.2, 0.25) is 5.03 Å². The summed E-state index contributed by atoms with van der Waals surface area (Å²) < 4.78 is 69.2. The monoisotopic (exact) mass is 391 g/mol. The van der Waals surface area contributed by atoms with Gasteiger partial charge in [0.25, 0.3) is 10.0 Å². The minimum absolute atomic E-state index is 0.199. The third-order valence-corrected chi connectivity index (χ3v) is 4.88. The first kappa shape index (κ1) is 19.9. The molecule has 2 rings (SSSR count). The summed E-state index contributed by atoms with van der Waals surface area (Å²) in [6, 6.07) is 4.03. The number of aromatic amines is 1. The van der Waals surface area contributed by atoms with E-state index in [1.165, 1.54) is 0 Å². The number of carbonyl (C=O) groups excluding carboxylic acids is 1. The van der Waals surface area contributed by atoms with Gasteiger partial charge < -0.3 is 4.74 Å². The van der Waals surface area contributed by atoms with Gasteiger partial charge in [0.05, 0.1) is 18.4 Å². The van der Waals surface area contributed by atoms with Crippen LogP contribution in [0.5, 0.6) is 0 Å². The van der Waals surface area contributed by atoms with Gasteiger partial charge in [-0.3, -0.25) is 5.10 Å². The van der Waals surface area contributed by atoms with E-state index in [1.807, 2.05) is 0 Å². The lowest BCUT2D eigenvalue weighted by atomic mass is 10.1. The molecular weight excluding hydrogens is 375 g/mol. The van der Waals surface area contributed by atoms with Crippen molar-refractivity contribution < 1.29 is 31.1 Å². The molecule has 0 aliphatic rings. The molecule has 7 nitrogen and oxygen atoms in total. The topological polar surface area (TPSA) is 101 Å². The van der Waals surface area contributed by atoms with E-state index in [4.69, 9.17) is 0 Å². The first-order chi connectivity index (χ1) is 12.1. The van der Waals surface area contributed by atoms with Crippen molar-refractivity contribution in [3.8, 4) is 0 Å². The Hall–Kier alpha value is -2.40. The number of H-pyrrole nitrogens is 1. The summed E-state index contributed by atoms with van der Waals surface area (Å²) in [6.45, 7) is 1.43. The van der Waals surface area contributed by atoms with Gasteiger partial charge in [0.15, 0.2) is 0 Å². The Morgan fingerprint density at radius 1 is 1.27 bits per heavy atom. The van der Waals surface area contributed by atoms with Crippen LogP contribution in [0.2, 0.25) is 0 Å². The molecule has 1 heterocycles. The number of halogens is 3. The fraction of sp³-hybridized carbons (Fsp3) is 0.333. The number of esters is 1. The average molecular weight is 391 g/mol. The molecule has 2 N–H and O–H groups in total. The van der Waals surface area contributed by atoms with Crippen LogP contribution in [0.25, 0.3) is 0 Å². The zero-order valence-electron chi connectivity index (χ0n) is 13.8. The first-order valence-corrected chi connectivity index (χ1v) is 8.89. The number of nitrogens with zero attached hydrogens (tertiary/aromatic N) is 1. The second kappa shape index (κ2) is 7.46. The Morgan fingerprint density at radius 3 is 2.38 bits per heavy atom. The smallest absolute Gasteiger partial charge is 0.416 e. The average Bonchev–Trinajstić information content (AvgIpc) is 3.04. The van der Waals surface area contributed by atoms with E-state index in [1.54, 1.807) is 6.92 Å². The lowest BCUT2D eigenvalue weighted by Gasteiger charge is -2.09. The molecule has 0 bridgehead atoms. The molecule has 0 fully saturated rings. The molecule has 0 amide bonds. The van der Waals surface area contributed by atoms with Crippen molar-refractivity contribution in [2.45, 2.75) is 31.1 Å². The second-order valence-electron chi connectivity index (χ2n) is 5.25.